The molecule has 8 heteroatoms. The molecule has 0 bridgehead atoms. The van der Waals surface area contributed by atoms with Crippen molar-refractivity contribution in [1.29, 1.82) is 0 Å². The second-order valence-electron chi connectivity index (χ2n) is 8.30. The summed E-state index contributed by atoms with van der Waals surface area (Å²) in [6.45, 7) is 3.97. The Balaban J connectivity index is 0.00000342. The first kappa shape index (κ1) is 26.9. The summed E-state index contributed by atoms with van der Waals surface area (Å²) in [7, 11) is 0. The molecule has 35 heavy (non-hydrogen) atoms. The van der Waals surface area contributed by atoms with Crippen molar-refractivity contribution in [2.24, 2.45) is 0 Å². The topological polar surface area (TPSA) is 44.8 Å². The van der Waals surface area contributed by atoms with Gasteiger partial charge in [-0.2, -0.15) is 0 Å². The molecule has 1 amide bonds. The van der Waals surface area contributed by atoms with E-state index in [4.69, 9.17) is 27.9 Å². The highest BCUT2D eigenvalue weighted by Gasteiger charge is 2.21. The van der Waals surface area contributed by atoms with Crippen molar-refractivity contribution in [3.05, 3.63) is 112 Å². The lowest BCUT2D eigenvalue weighted by molar-refractivity contribution is -0.116. The van der Waals surface area contributed by atoms with Crippen molar-refractivity contribution in [1.82, 2.24) is 9.80 Å². The number of carbonyl (C=O) groups excluding carboxylic acids is 1. The van der Waals surface area contributed by atoms with Gasteiger partial charge in [0.05, 0.1) is 19.8 Å². The van der Waals surface area contributed by atoms with E-state index in [2.05, 4.69) is 10.2 Å². The maximum atomic E-state index is 12.5. The number of carbonyl (C=O) groups is 1. The largest absolute Gasteiger partial charge is 0.367 e. The molecular weight excluding hydrogens is 505 g/mol. The van der Waals surface area contributed by atoms with Crippen LogP contribution >= 0.6 is 35.6 Å². The number of nitrogens with one attached hydrogen (secondary N) is 1. The van der Waals surface area contributed by atoms with Crippen molar-refractivity contribution < 1.29 is 9.53 Å². The summed E-state index contributed by atoms with van der Waals surface area (Å²) in [5, 5.41) is 4.37. The molecule has 1 heterocycles. The molecule has 5 nitrogen and oxygen atoms in total. The van der Waals surface area contributed by atoms with Crippen LogP contribution < -0.4 is 5.32 Å². The van der Waals surface area contributed by atoms with Crippen molar-refractivity contribution in [3.63, 3.8) is 0 Å². The van der Waals surface area contributed by atoms with Crippen LogP contribution in [0.15, 0.2) is 85.2 Å². The molecule has 3 aromatic carbocycles. The van der Waals surface area contributed by atoms with Crippen LogP contribution in [0.25, 0.3) is 0 Å². The highest BCUT2D eigenvalue weighted by atomic mass is 35.5. The first-order valence-corrected chi connectivity index (χ1v) is 11.9. The fraction of sp³-hybridized carbons (Fsp3) is 0.222. The third kappa shape index (κ3) is 7.91. The van der Waals surface area contributed by atoms with Gasteiger partial charge in [-0.05, 0) is 53.9 Å². The number of halogens is 3. The van der Waals surface area contributed by atoms with E-state index in [1.807, 2.05) is 97.0 Å². The predicted molar refractivity (Wildman–Crippen MR) is 145 cm³/mol. The number of ether oxygens (including phenoxy) is 1. The quantitative estimate of drug-likeness (QED) is 0.334. The fourth-order valence-electron chi connectivity index (χ4n) is 3.75. The number of hydrogen-bond donors (Lipinski definition) is 1. The van der Waals surface area contributed by atoms with E-state index in [9.17, 15) is 4.79 Å². The van der Waals surface area contributed by atoms with Crippen LogP contribution in [0.2, 0.25) is 10.0 Å². The average Bonchev–Trinajstić information content (AvgIpc) is 3.26. The molecule has 0 aromatic heterocycles. The third-order valence-corrected chi connectivity index (χ3v) is 6.13. The monoisotopic (exact) mass is 531 g/mol. The molecule has 0 spiro atoms. The van der Waals surface area contributed by atoms with E-state index in [0.29, 0.717) is 29.9 Å². The highest BCUT2D eigenvalue weighted by Crippen LogP contribution is 2.24. The Morgan fingerprint density at radius 2 is 1.57 bits per heavy atom. The molecule has 1 unspecified atom stereocenters. The molecule has 0 aliphatic carbocycles. The fourth-order valence-corrected chi connectivity index (χ4v) is 4.00. The van der Waals surface area contributed by atoms with Gasteiger partial charge in [-0.1, -0.05) is 65.7 Å². The molecule has 1 aliphatic heterocycles. The number of hydrogen-bond acceptors (Lipinski definition) is 4. The Bertz CT molecular complexity index is 1140. The zero-order valence-electron chi connectivity index (χ0n) is 19.4. The smallest absolute Gasteiger partial charge is 0.243 e. The van der Waals surface area contributed by atoms with Crippen molar-refractivity contribution in [3.8, 4) is 0 Å². The van der Waals surface area contributed by atoms with Crippen LogP contribution in [0.5, 0.6) is 0 Å². The third-order valence-electron chi connectivity index (χ3n) is 5.62. The van der Waals surface area contributed by atoms with Crippen molar-refractivity contribution in [2.75, 3.05) is 25.1 Å². The van der Waals surface area contributed by atoms with E-state index >= 15 is 0 Å². The lowest BCUT2D eigenvalue weighted by Crippen LogP contribution is -2.34. The molecule has 184 valence electrons. The van der Waals surface area contributed by atoms with Gasteiger partial charge in [0.25, 0.3) is 0 Å². The maximum Gasteiger partial charge on any atom is 0.243 e. The standard InChI is InChI=1S/C27H27Cl2N3O2.ClH/c1-20-4-2-3-5-25(20)30-27(33)17-32-15-14-31(19-32)16-26(22-8-12-24(29)13-9-22)34-18-21-6-10-23(28)11-7-21;/h2-15,26H,16-19H2,1H3,(H,30,33);1H. The van der Waals surface area contributed by atoms with Gasteiger partial charge in [0, 0.05) is 34.7 Å². The van der Waals surface area contributed by atoms with Gasteiger partial charge < -0.3 is 19.9 Å². The first-order chi connectivity index (χ1) is 16.5. The Labute approximate surface area is 222 Å². The SMILES string of the molecule is Cc1ccccc1NC(=O)CN1C=CN(CC(OCc2ccc(Cl)cc2)c2ccc(Cl)cc2)C1.Cl. The molecular formula is C27H28Cl3N3O2. The lowest BCUT2D eigenvalue weighted by atomic mass is 10.1. The molecule has 0 saturated heterocycles. The van der Waals surface area contributed by atoms with E-state index in [1.54, 1.807) is 0 Å². The minimum atomic E-state index is -0.168. The van der Waals surface area contributed by atoms with Crippen LogP contribution in [0.1, 0.15) is 22.8 Å². The van der Waals surface area contributed by atoms with E-state index < -0.39 is 0 Å². The second-order valence-corrected chi connectivity index (χ2v) is 9.17. The molecule has 3 aromatic rings. The van der Waals surface area contributed by atoms with Crippen LogP contribution in [0.4, 0.5) is 5.69 Å². The number of anilines is 1. The van der Waals surface area contributed by atoms with Gasteiger partial charge in [0.15, 0.2) is 0 Å². The maximum absolute atomic E-state index is 12.5. The number of rotatable bonds is 9. The summed E-state index contributed by atoms with van der Waals surface area (Å²) in [5.41, 5.74) is 3.97. The van der Waals surface area contributed by atoms with Gasteiger partial charge in [-0.3, -0.25) is 4.79 Å². The number of benzene rings is 3. The number of aryl methyl sites for hydroxylation is 1. The Morgan fingerprint density at radius 1 is 0.943 bits per heavy atom. The van der Waals surface area contributed by atoms with E-state index in [1.165, 1.54) is 0 Å². The van der Waals surface area contributed by atoms with Crippen LogP contribution in [0.3, 0.4) is 0 Å². The van der Waals surface area contributed by atoms with Crippen molar-refractivity contribution in [2.45, 2.75) is 19.6 Å². The van der Waals surface area contributed by atoms with Crippen LogP contribution in [-0.4, -0.2) is 35.5 Å². The van der Waals surface area contributed by atoms with E-state index in [0.717, 1.165) is 22.4 Å². The normalized spacial score (nSPS) is 13.5. The Morgan fingerprint density at radius 3 is 2.26 bits per heavy atom. The highest BCUT2D eigenvalue weighted by molar-refractivity contribution is 6.30. The minimum absolute atomic E-state index is 0. The summed E-state index contributed by atoms with van der Waals surface area (Å²) in [6.07, 6.45) is 3.77. The zero-order chi connectivity index (χ0) is 23.9. The first-order valence-electron chi connectivity index (χ1n) is 11.1. The lowest BCUT2D eigenvalue weighted by Gasteiger charge is -2.26. The second kappa shape index (κ2) is 12.8. The summed E-state index contributed by atoms with van der Waals surface area (Å²) < 4.78 is 6.30. The number of nitrogens with zero attached hydrogens (tertiary/aromatic N) is 2. The summed E-state index contributed by atoms with van der Waals surface area (Å²) in [5.74, 6) is -0.0472. The van der Waals surface area contributed by atoms with Crippen LogP contribution in [0, 0.1) is 6.92 Å². The van der Waals surface area contributed by atoms with Gasteiger partial charge in [0.1, 0.15) is 6.10 Å². The summed E-state index contributed by atoms with van der Waals surface area (Å²) in [6, 6.07) is 23.1. The minimum Gasteiger partial charge on any atom is -0.367 e. The zero-order valence-corrected chi connectivity index (χ0v) is 21.7. The van der Waals surface area contributed by atoms with E-state index in [-0.39, 0.29) is 31.0 Å². The number of amides is 1. The molecule has 0 saturated carbocycles. The summed E-state index contributed by atoms with van der Waals surface area (Å²) >= 11 is 12.1. The molecule has 4 rings (SSSR count). The van der Waals surface area contributed by atoms with Crippen LogP contribution in [-0.2, 0) is 16.1 Å². The van der Waals surface area contributed by atoms with Gasteiger partial charge in [0.2, 0.25) is 5.91 Å². The molecule has 0 fully saturated rings. The molecule has 0 radical (unpaired) electrons. The van der Waals surface area contributed by atoms with Gasteiger partial charge in [-0.15, -0.1) is 12.4 Å². The van der Waals surface area contributed by atoms with Crippen molar-refractivity contribution >= 4 is 47.2 Å². The number of para-hydroxylation sites is 1. The van der Waals surface area contributed by atoms with Gasteiger partial charge >= 0.3 is 0 Å². The molecule has 1 aliphatic rings. The van der Waals surface area contributed by atoms with Gasteiger partial charge in [-0.25, -0.2) is 0 Å². The molecule has 1 N–H and O–H groups in total. The molecule has 1 atom stereocenters. The Hall–Kier alpha value is -2.70. The Kier molecular flexibility index (Phi) is 9.87. The predicted octanol–water partition coefficient (Wildman–Crippen LogP) is 6.67. The summed E-state index contributed by atoms with van der Waals surface area (Å²) in [4.78, 5) is 16.7. The average molecular weight is 533 g/mol.